The molecule has 7 heavy (non-hydrogen) atoms. The second-order valence-corrected chi connectivity index (χ2v) is 2.07. The second kappa shape index (κ2) is 1.69. The molecule has 1 aliphatic rings. The lowest BCUT2D eigenvalue weighted by atomic mass is 9.85. The molecule has 0 nitrogen and oxygen atoms in total. The van der Waals surface area contributed by atoms with E-state index >= 15 is 0 Å². The summed E-state index contributed by atoms with van der Waals surface area (Å²) in [5.74, 6) is 0.657. The zero-order chi connectivity index (χ0) is 5.28. The van der Waals surface area contributed by atoms with E-state index in [0.717, 1.165) is 0 Å². The Morgan fingerprint density at radius 3 is 2.71 bits per heavy atom. The van der Waals surface area contributed by atoms with Gasteiger partial charge in [-0.3, -0.25) is 0 Å². The fourth-order valence-corrected chi connectivity index (χ4v) is 0.884. The molecule has 0 radical (unpaired) electrons. The van der Waals surface area contributed by atoms with Gasteiger partial charge in [-0.2, -0.15) is 0 Å². The summed E-state index contributed by atoms with van der Waals surface area (Å²) in [7, 11) is 0. The van der Waals surface area contributed by atoms with E-state index in [0.29, 0.717) is 5.92 Å². The van der Waals surface area contributed by atoms with Crippen LogP contribution in [0.4, 0.5) is 0 Å². The Hall–Kier alpha value is -0.260. The Morgan fingerprint density at radius 2 is 2.71 bits per heavy atom. The monoisotopic (exact) mass is 95.1 g/mol. The van der Waals surface area contributed by atoms with Crippen molar-refractivity contribution < 1.29 is 0 Å². The van der Waals surface area contributed by atoms with Gasteiger partial charge in [-0.25, -0.2) is 0 Å². The third-order valence-electron chi connectivity index (χ3n) is 1.60. The van der Waals surface area contributed by atoms with Crippen molar-refractivity contribution in [2.75, 3.05) is 0 Å². The van der Waals surface area contributed by atoms with Crippen LogP contribution < -0.4 is 0 Å². The maximum absolute atomic E-state index is 3.93. The zero-order valence-corrected chi connectivity index (χ0v) is 4.78. The molecule has 0 bridgehead atoms. The molecule has 0 spiro atoms. The molecule has 0 saturated carbocycles. The fraction of sp³-hybridized carbons (Fsp3) is 0.571. The summed E-state index contributed by atoms with van der Waals surface area (Å²) in [5.41, 5.74) is 1.54. The van der Waals surface area contributed by atoms with Crippen LogP contribution in [0.15, 0.2) is 11.6 Å². The minimum atomic E-state index is 0.657. The maximum Gasteiger partial charge on any atom is -0.0372 e. The zero-order valence-electron chi connectivity index (χ0n) is 4.78. The summed E-state index contributed by atoms with van der Waals surface area (Å²) in [6.45, 7) is 6.11. The summed E-state index contributed by atoms with van der Waals surface area (Å²) in [6, 6.07) is 0. The fourth-order valence-electron chi connectivity index (χ4n) is 0.884. The van der Waals surface area contributed by atoms with Crippen LogP contribution >= 0.6 is 0 Å². The first-order valence-electron chi connectivity index (χ1n) is 2.86. The van der Waals surface area contributed by atoms with Gasteiger partial charge in [0.05, 0.1) is 0 Å². The van der Waals surface area contributed by atoms with Crippen molar-refractivity contribution in [1.29, 1.82) is 0 Å². The summed E-state index contributed by atoms with van der Waals surface area (Å²) < 4.78 is 0. The Balaban J connectivity index is 2.41. The van der Waals surface area contributed by atoms with E-state index in [1.807, 2.05) is 0 Å². The predicted molar refractivity (Wildman–Crippen MR) is 31.8 cm³/mol. The van der Waals surface area contributed by atoms with Crippen molar-refractivity contribution >= 4 is 0 Å². The number of rotatable bonds is 1. The highest BCUT2D eigenvalue weighted by atomic mass is 14.2. The lowest BCUT2D eigenvalue weighted by Crippen LogP contribution is -2.06. The van der Waals surface area contributed by atoms with Crippen molar-refractivity contribution in [3.8, 4) is 0 Å². The van der Waals surface area contributed by atoms with Crippen molar-refractivity contribution in [3.63, 3.8) is 0 Å². The van der Waals surface area contributed by atoms with Gasteiger partial charge >= 0.3 is 0 Å². The van der Waals surface area contributed by atoms with Gasteiger partial charge in [-0.15, -0.1) is 11.5 Å². The van der Waals surface area contributed by atoms with Gasteiger partial charge in [0.2, 0.25) is 0 Å². The molecule has 1 atom stereocenters. The normalized spacial score (nSPS) is 28.9. The van der Waals surface area contributed by atoms with Gasteiger partial charge in [-0.1, -0.05) is 19.4 Å². The molecule has 0 heterocycles. The molecule has 0 aromatic rings. The first-order valence-corrected chi connectivity index (χ1v) is 2.86. The lowest BCUT2D eigenvalue weighted by Gasteiger charge is -2.28. The molecule has 1 unspecified atom stereocenters. The summed E-state index contributed by atoms with van der Waals surface area (Å²) >= 11 is 0. The van der Waals surface area contributed by atoms with Crippen molar-refractivity contribution in [1.82, 2.24) is 0 Å². The quantitative estimate of drug-likeness (QED) is 0.346. The average Bonchev–Trinajstić information content (AvgIpc) is 1.65. The van der Waals surface area contributed by atoms with Crippen LogP contribution in [0.25, 0.3) is 0 Å². The topological polar surface area (TPSA) is 0 Å². The van der Waals surface area contributed by atoms with Crippen LogP contribution in [-0.4, -0.2) is 0 Å². The summed E-state index contributed by atoms with van der Waals surface area (Å²) in [6.07, 6.45) is 4.69. The van der Waals surface area contributed by atoms with Crippen LogP contribution in [0.2, 0.25) is 0 Å². The molecule has 0 heteroatoms. The van der Waals surface area contributed by atoms with E-state index < -0.39 is 0 Å². The molecule has 0 saturated heterocycles. The van der Waals surface area contributed by atoms with Crippen LogP contribution in [-0.2, 0) is 0 Å². The highest BCUT2D eigenvalue weighted by Gasteiger charge is 2.06. The van der Waals surface area contributed by atoms with Gasteiger partial charge < -0.3 is 6.92 Å². The van der Waals surface area contributed by atoms with E-state index in [1.54, 1.807) is 5.57 Å². The average molecular weight is 95.2 g/mol. The Morgan fingerprint density at radius 1 is 2.00 bits per heavy atom. The molecule has 0 amide bonds. The van der Waals surface area contributed by atoms with E-state index in [1.165, 1.54) is 12.8 Å². The highest BCUT2D eigenvalue weighted by molar-refractivity contribution is 5.18. The molecule has 40 valence electrons. The van der Waals surface area contributed by atoms with E-state index in [4.69, 9.17) is 0 Å². The van der Waals surface area contributed by atoms with Gasteiger partial charge in [0.15, 0.2) is 0 Å². The Labute approximate surface area is 45.2 Å². The Kier molecular flexibility index (Phi) is 1.18. The summed E-state index contributed by atoms with van der Waals surface area (Å²) in [5, 5.41) is 0. The van der Waals surface area contributed by atoms with Crippen molar-refractivity contribution in [3.05, 3.63) is 18.6 Å². The molecule has 0 aliphatic heterocycles. The largest absolute Gasteiger partial charge is 0.336 e. The second-order valence-electron chi connectivity index (χ2n) is 2.07. The predicted octanol–water partition coefficient (Wildman–Crippen LogP) is 2.18. The number of allylic oxidation sites excluding steroid dienone is 2. The molecule has 1 rings (SSSR count). The maximum atomic E-state index is 3.93. The van der Waals surface area contributed by atoms with E-state index in [-0.39, 0.29) is 0 Å². The number of hydrogen-bond acceptors (Lipinski definition) is 0. The lowest BCUT2D eigenvalue weighted by molar-refractivity contribution is 0.656. The standard InChI is InChI=1S/C7H11/c1-3-7-5-4-6(7)2/h5-6H,2-4H2,1H3/q-1. The number of hydrogen-bond donors (Lipinski definition) is 0. The van der Waals surface area contributed by atoms with Crippen LogP contribution in [0.1, 0.15) is 19.8 Å². The Bertz CT molecular complexity index is 90.2. The third-order valence-corrected chi connectivity index (χ3v) is 1.60. The van der Waals surface area contributed by atoms with E-state index in [2.05, 4.69) is 19.9 Å². The van der Waals surface area contributed by atoms with Gasteiger partial charge in [0.25, 0.3) is 0 Å². The highest BCUT2D eigenvalue weighted by Crippen LogP contribution is 2.27. The molecule has 0 aromatic carbocycles. The first-order chi connectivity index (χ1) is 3.34. The molecule has 0 N–H and O–H groups in total. The van der Waals surface area contributed by atoms with Crippen LogP contribution in [0.5, 0.6) is 0 Å². The first kappa shape index (κ1) is 4.89. The minimum absolute atomic E-state index is 0.657. The van der Waals surface area contributed by atoms with Gasteiger partial charge in [0, 0.05) is 0 Å². The van der Waals surface area contributed by atoms with Crippen molar-refractivity contribution in [2.24, 2.45) is 5.92 Å². The van der Waals surface area contributed by atoms with Gasteiger partial charge in [-0.05, 0) is 6.42 Å². The SMILES string of the molecule is [CH2-]C1CC=C1CC. The van der Waals surface area contributed by atoms with Crippen molar-refractivity contribution in [2.45, 2.75) is 19.8 Å². The molecular formula is C7H11-. The van der Waals surface area contributed by atoms with Crippen LogP contribution in [0.3, 0.4) is 0 Å². The van der Waals surface area contributed by atoms with Gasteiger partial charge in [0.1, 0.15) is 0 Å². The molecule has 1 aliphatic carbocycles. The molecular weight excluding hydrogens is 84.1 g/mol. The minimum Gasteiger partial charge on any atom is -0.336 e. The summed E-state index contributed by atoms with van der Waals surface area (Å²) in [4.78, 5) is 0. The molecule has 0 aromatic heterocycles. The smallest absolute Gasteiger partial charge is 0.0372 e. The molecule has 0 fully saturated rings. The van der Waals surface area contributed by atoms with Crippen LogP contribution in [0, 0.1) is 12.8 Å². The third kappa shape index (κ3) is 0.696. The van der Waals surface area contributed by atoms with E-state index in [9.17, 15) is 0 Å².